The van der Waals surface area contributed by atoms with Crippen molar-refractivity contribution < 1.29 is 23.9 Å². The van der Waals surface area contributed by atoms with Crippen LogP contribution in [0.4, 0.5) is 4.79 Å². The van der Waals surface area contributed by atoms with E-state index in [0.717, 1.165) is 11.5 Å². The number of thioether (sulfide) groups is 2. The van der Waals surface area contributed by atoms with E-state index in [1.807, 2.05) is 20.8 Å². The molecule has 3 rings (SSSR count). The van der Waals surface area contributed by atoms with E-state index in [2.05, 4.69) is 22.0 Å². The topological polar surface area (TPSA) is 141 Å². The van der Waals surface area contributed by atoms with Crippen LogP contribution in [-0.2, 0) is 19.1 Å². The molecule has 3 N–H and O–H groups in total. The Morgan fingerprint density at radius 2 is 1.97 bits per heavy atom. The number of ether oxygens (including phenoxy) is 1. The van der Waals surface area contributed by atoms with E-state index in [-0.39, 0.29) is 28.2 Å². The summed E-state index contributed by atoms with van der Waals surface area (Å²) >= 11 is 3.48. The molecule has 0 saturated carbocycles. The molecule has 0 aromatic carbocycles. The Kier molecular flexibility index (Phi) is 8.29. The molecule has 34 heavy (non-hydrogen) atoms. The third-order valence-electron chi connectivity index (χ3n) is 6.41. The highest BCUT2D eigenvalue weighted by Gasteiger charge is 2.53. The number of methoxy groups -OCH3 is 1. The zero-order valence-corrected chi connectivity index (χ0v) is 21.6. The van der Waals surface area contributed by atoms with Gasteiger partial charge in [-0.1, -0.05) is 20.8 Å². The minimum atomic E-state index is -0.893. The van der Waals surface area contributed by atoms with E-state index >= 15 is 0 Å². The Bertz CT molecular complexity index is 865. The second-order valence-corrected chi connectivity index (χ2v) is 13.1. The standard InChI is InChI=1S/C22H33N5O5S2/c1-21(2,3)16(26-20(31)32-4)19(30)27-12-22(33-7-8-34-22)10-15(27)18(29)25-14(11-23)9-13-5-6-24-17(13)28/h13-16H,5-10,12H2,1-4H3,(H,24,28)(H,25,29)(H,26,31)/t13-,14-,15-,16+/m0/s1. The second kappa shape index (κ2) is 10.6. The third kappa shape index (κ3) is 5.92. The number of likely N-dealkylation sites (tertiary alicyclic amines) is 1. The van der Waals surface area contributed by atoms with Crippen LogP contribution in [0, 0.1) is 22.7 Å². The molecule has 4 amide bonds. The first kappa shape index (κ1) is 26.5. The highest BCUT2D eigenvalue weighted by atomic mass is 32.2. The van der Waals surface area contributed by atoms with E-state index in [1.54, 1.807) is 28.4 Å². The summed E-state index contributed by atoms with van der Waals surface area (Å²) in [5, 5.41) is 17.8. The van der Waals surface area contributed by atoms with E-state index in [4.69, 9.17) is 4.74 Å². The number of carbonyl (C=O) groups excluding carboxylic acids is 4. The Hall–Kier alpha value is -2.13. The van der Waals surface area contributed by atoms with Crippen LogP contribution in [0.15, 0.2) is 0 Å². The molecule has 4 atom stereocenters. The second-order valence-electron chi connectivity index (χ2n) is 9.93. The number of alkyl carbamates (subject to hydrolysis) is 1. The SMILES string of the molecule is COC(=O)N[C@H](C(=O)N1CC2(C[C@H]1C(=O)N[C@H](C#N)C[C@@H]1CCNC1=O)SCCS2)C(C)(C)C. The number of rotatable bonds is 6. The molecular formula is C22H33N5O5S2. The summed E-state index contributed by atoms with van der Waals surface area (Å²) in [6.07, 6.45) is 0.603. The number of hydrogen-bond donors (Lipinski definition) is 3. The molecule has 10 nitrogen and oxygen atoms in total. The predicted octanol–water partition coefficient (Wildman–Crippen LogP) is 1.07. The molecule has 12 heteroatoms. The minimum absolute atomic E-state index is 0.105. The quantitative estimate of drug-likeness (QED) is 0.481. The zero-order valence-electron chi connectivity index (χ0n) is 20.0. The third-order valence-corrected chi connectivity index (χ3v) is 9.83. The molecule has 3 aliphatic heterocycles. The Morgan fingerprint density at radius 3 is 2.50 bits per heavy atom. The molecule has 3 saturated heterocycles. The van der Waals surface area contributed by atoms with Crippen LogP contribution in [0.25, 0.3) is 0 Å². The van der Waals surface area contributed by atoms with Crippen molar-refractivity contribution in [1.82, 2.24) is 20.9 Å². The minimum Gasteiger partial charge on any atom is -0.453 e. The van der Waals surface area contributed by atoms with Gasteiger partial charge in [0.05, 0.1) is 17.3 Å². The monoisotopic (exact) mass is 511 g/mol. The first-order valence-electron chi connectivity index (χ1n) is 11.4. The summed E-state index contributed by atoms with van der Waals surface area (Å²) in [5.74, 6) is 0.685. The van der Waals surface area contributed by atoms with Gasteiger partial charge in [-0.15, -0.1) is 23.5 Å². The predicted molar refractivity (Wildman–Crippen MR) is 130 cm³/mol. The van der Waals surface area contributed by atoms with Gasteiger partial charge in [0.15, 0.2) is 0 Å². The van der Waals surface area contributed by atoms with Crippen molar-refractivity contribution in [3.8, 4) is 6.07 Å². The van der Waals surface area contributed by atoms with Crippen molar-refractivity contribution in [3.05, 3.63) is 0 Å². The molecule has 0 aliphatic carbocycles. The molecule has 0 aromatic rings. The lowest BCUT2D eigenvalue weighted by atomic mass is 9.85. The molecule has 0 bridgehead atoms. The molecule has 1 spiro atoms. The number of amides is 4. The highest BCUT2D eigenvalue weighted by Crippen LogP contribution is 2.52. The van der Waals surface area contributed by atoms with E-state index in [1.165, 1.54) is 7.11 Å². The Labute approximate surface area is 208 Å². The average molecular weight is 512 g/mol. The van der Waals surface area contributed by atoms with Gasteiger partial charge in [-0.3, -0.25) is 14.4 Å². The molecule has 3 fully saturated rings. The van der Waals surface area contributed by atoms with E-state index < -0.39 is 35.5 Å². The van der Waals surface area contributed by atoms with Gasteiger partial charge in [0.2, 0.25) is 17.7 Å². The van der Waals surface area contributed by atoms with Gasteiger partial charge in [0, 0.05) is 36.9 Å². The first-order chi connectivity index (χ1) is 16.0. The summed E-state index contributed by atoms with van der Waals surface area (Å²) in [5.41, 5.74) is -0.622. The van der Waals surface area contributed by atoms with Gasteiger partial charge in [-0.05, 0) is 18.3 Å². The summed E-state index contributed by atoms with van der Waals surface area (Å²) in [4.78, 5) is 52.5. The van der Waals surface area contributed by atoms with Crippen LogP contribution in [0.3, 0.4) is 0 Å². The van der Waals surface area contributed by atoms with Crippen LogP contribution < -0.4 is 16.0 Å². The molecule has 3 aliphatic rings. The lowest BCUT2D eigenvalue weighted by molar-refractivity contribution is -0.142. The van der Waals surface area contributed by atoms with Gasteiger partial charge < -0.3 is 25.6 Å². The summed E-state index contributed by atoms with van der Waals surface area (Å²) in [7, 11) is 1.24. The average Bonchev–Trinajstić information content (AvgIpc) is 3.51. The number of carbonyl (C=O) groups is 4. The fourth-order valence-corrected chi connectivity index (χ4v) is 7.82. The van der Waals surface area contributed by atoms with Crippen LogP contribution in [0.2, 0.25) is 0 Å². The summed E-state index contributed by atoms with van der Waals surface area (Å²) in [6, 6.07) is -0.406. The first-order valence-corrected chi connectivity index (χ1v) is 13.4. The van der Waals surface area contributed by atoms with Gasteiger partial charge in [0.1, 0.15) is 18.1 Å². The zero-order chi connectivity index (χ0) is 25.1. The largest absolute Gasteiger partial charge is 0.453 e. The fourth-order valence-electron chi connectivity index (χ4n) is 4.57. The van der Waals surface area contributed by atoms with Gasteiger partial charge in [0.25, 0.3) is 0 Å². The maximum atomic E-state index is 13.7. The summed E-state index contributed by atoms with van der Waals surface area (Å²) < 4.78 is 4.43. The lowest BCUT2D eigenvalue weighted by Crippen LogP contribution is -2.58. The van der Waals surface area contributed by atoms with Crippen LogP contribution in [0.1, 0.15) is 40.0 Å². The van der Waals surface area contributed by atoms with Crippen molar-refractivity contribution in [2.24, 2.45) is 11.3 Å². The van der Waals surface area contributed by atoms with Crippen LogP contribution in [-0.4, -0.2) is 82.6 Å². The summed E-state index contributed by atoms with van der Waals surface area (Å²) in [6.45, 7) is 6.45. The maximum absolute atomic E-state index is 13.7. The molecule has 188 valence electrons. The van der Waals surface area contributed by atoms with Crippen molar-refractivity contribution in [1.29, 1.82) is 5.26 Å². The maximum Gasteiger partial charge on any atom is 0.407 e. The Morgan fingerprint density at radius 1 is 1.29 bits per heavy atom. The smallest absolute Gasteiger partial charge is 0.407 e. The fraction of sp³-hybridized carbons (Fsp3) is 0.773. The van der Waals surface area contributed by atoms with Crippen LogP contribution >= 0.6 is 23.5 Å². The van der Waals surface area contributed by atoms with Crippen LogP contribution in [0.5, 0.6) is 0 Å². The number of nitrogens with one attached hydrogen (secondary N) is 3. The van der Waals surface area contributed by atoms with Crippen molar-refractivity contribution in [3.63, 3.8) is 0 Å². The Balaban J connectivity index is 1.80. The molecule has 0 radical (unpaired) electrons. The molecule has 0 unspecified atom stereocenters. The number of hydrogen-bond acceptors (Lipinski definition) is 8. The lowest BCUT2D eigenvalue weighted by Gasteiger charge is -2.35. The molecule has 0 aromatic heterocycles. The number of nitriles is 1. The van der Waals surface area contributed by atoms with Gasteiger partial charge >= 0.3 is 6.09 Å². The molecule has 3 heterocycles. The van der Waals surface area contributed by atoms with Crippen molar-refractivity contribution >= 4 is 47.3 Å². The number of nitrogens with zero attached hydrogens (tertiary/aromatic N) is 2. The van der Waals surface area contributed by atoms with Crippen molar-refractivity contribution in [2.75, 3.05) is 31.7 Å². The highest BCUT2D eigenvalue weighted by molar-refractivity contribution is 8.21. The van der Waals surface area contributed by atoms with Gasteiger partial charge in [-0.2, -0.15) is 5.26 Å². The van der Waals surface area contributed by atoms with E-state index in [0.29, 0.717) is 25.9 Å². The molecular weight excluding hydrogens is 478 g/mol. The normalized spacial score (nSPS) is 25.4. The van der Waals surface area contributed by atoms with E-state index in [9.17, 15) is 24.4 Å². The van der Waals surface area contributed by atoms with Gasteiger partial charge in [-0.25, -0.2) is 4.79 Å². The van der Waals surface area contributed by atoms with Crippen molar-refractivity contribution in [2.45, 2.75) is 62.2 Å².